The van der Waals surface area contributed by atoms with Crippen molar-refractivity contribution in [3.63, 3.8) is 0 Å². The van der Waals surface area contributed by atoms with Crippen LogP contribution in [-0.4, -0.2) is 32.8 Å². The zero-order valence-electron chi connectivity index (χ0n) is 10.2. The minimum Gasteiger partial charge on any atom is -0.378 e. The van der Waals surface area contributed by atoms with Crippen LogP contribution in [0.25, 0.3) is 0 Å². The highest BCUT2D eigenvalue weighted by Crippen LogP contribution is 2.29. The van der Waals surface area contributed by atoms with Gasteiger partial charge in [-0.3, -0.25) is 0 Å². The summed E-state index contributed by atoms with van der Waals surface area (Å²) in [6.07, 6.45) is 2.64. The Morgan fingerprint density at radius 3 is 2.76 bits per heavy atom. The van der Waals surface area contributed by atoms with Gasteiger partial charge in [-0.1, -0.05) is 18.2 Å². The minimum absolute atomic E-state index is 0.362. The standard InChI is InChI=1S/C14H20N2O/c1-2-6-14(16-8-3-4-9-16)12(5-1)13-11-17-10-7-15-13/h1-2,5-6,13,15H,3-4,7-11H2. The van der Waals surface area contributed by atoms with Gasteiger partial charge in [0.2, 0.25) is 0 Å². The normalized spacial score (nSPS) is 25.2. The van der Waals surface area contributed by atoms with Gasteiger partial charge in [0.25, 0.3) is 0 Å². The fourth-order valence-corrected chi connectivity index (χ4v) is 2.79. The molecule has 2 aliphatic rings. The second kappa shape index (κ2) is 5.07. The molecule has 1 aromatic carbocycles. The van der Waals surface area contributed by atoms with E-state index >= 15 is 0 Å². The van der Waals surface area contributed by atoms with Crippen LogP contribution in [0.15, 0.2) is 24.3 Å². The summed E-state index contributed by atoms with van der Waals surface area (Å²) in [4.78, 5) is 2.51. The van der Waals surface area contributed by atoms with Gasteiger partial charge in [0, 0.05) is 25.3 Å². The summed E-state index contributed by atoms with van der Waals surface area (Å²) >= 11 is 0. The van der Waals surface area contributed by atoms with Crippen molar-refractivity contribution in [1.29, 1.82) is 0 Å². The Balaban J connectivity index is 1.86. The number of hydrogen-bond acceptors (Lipinski definition) is 3. The van der Waals surface area contributed by atoms with Gasteiger partial charge in [0.1, 0.15) is 0 Å². The van der Waals surface area contributed by atoms with E-state index in [4.69, 9.17) is 4.74 Å². The van der Waals surface area contributed by atoms with Crippen molar-refractivity contribution in [1.82, 2.24) is 5.32 Å². The van der Waals surface area contributed by atoms with E-state index in [0.29, 0.717) is 6.04 Å². The van der Waals surface area contributed by atoms with E-state index in [1.54, 1.807) is 0 Å². The molecule has 0 bridgehead atoms. The molecule has 1 unspecified atom stereocenters. The first-order valence-electron chi connectivity index (χ1n) is 6.60. The lowest BCUT2D eigenvalue weighted by Gasteiger charge is -2.29. The maximum Gasteiger partial charge on any atom is 0.0662 e. The lowest BCUT2D eigenvalue weighted by molar-refractivity contribution is 0.0770. The van der Waals surface area contributed by atoms with Crippen molar-refractivity contribution in [2.45, 2.75) is 18.9 Å². The van der Waals surface area contributed by atoms with E-state index in [-0.39, 0.29) is 0 Å². The highest BCUT2D eigenvalue weighted by molar-refractivity contribution is 5.55. The first-order chi connectivity index (χ1) is 8.45. The summed E-state index contributed by atoms with van der Waals surface area (Å²) in [6, 6.07) is 9.11. The van der Waals surface area contributed by atoms with Crippen LogP contribution in [0.2, 0.25) is 0 Å². The van der Waals surface area contributed by atoms with Crippen molar-refractivity contribution in [2.75, 3.05) is 37.7 Å². The molecule has 1 aromatic rings. The fourth-order valence-electron chi connectivity index (χ4n) is 2.79. The maximum absolute atomic E-state index is 5.57. The number of hydrogen-bond donors (Lipinski definition) is 1. The maximum atomic E-state index is 5.57. The van der Waals surface area contributed by atoms with Crippen LogP contribution in [-0.2, 0) is 4.74 Å². The van der Waals surface area contributed by atoms with Gasteiger partial charge in [-0.15, -0.1) is 0 Å². The monoisotopic (exact) mass is 232 g/mol. The largest absolute Gasteiger partial charge is 0.378 e. The molecule has 3 nitrogen and oxygen atoms in total. The third-order valence-electron chi connectivity index (χ3n) is 3.68. The quantitative estimate of drug-likeness (QED) is 0.843. The Morgan fingerprint density at radius 2 is 2.00 bits per heavy atom. The van der Waals surface area contributed by atoms with Crippen LogP contribution in [0.4, 0.5) is 5.69 Å². The van der Waals surface area contributed by atoms with E-state index in [1.807, 2.05) is 0 Å². The first-order valence-corrected chi connectivity index (χ1v) is 6.60. The van der Waals surface area contributed by atoms with Crippen LogP contribution in [0.3, 0.4) is 0 Å². The topological polar surface area (TPSA) is 24.5 Å². The number of rotatable bonds is 2. The number of morpholine rings is 1. The Labute approximate surface area is 103 Å². The molecule has 0 aliphatic carbocycles. The van der Waals surface area contributed by atoms with Crippen LogP contribution in [0.5, 0.6) is 0 Å². The van der Waals surface area contributed by atoms with Gasteiger partial charge in [-0.2, -0.15) is 0 Å². The van der Waals surface area contributed by atoms with Crippen LogP contribution in [0, 0.1) is 0 Å². The van der Waals surface area contributed by atoms with E-state index in [1.165, 1.54) is 37.2 Å². The molecule has 17 heavy (non-hydrogen) atoms. The van der Waals surface area contributed by atoms with Crippen molar-refractivity contribution in [3.05, 3.63) is 29.8 Å². The van der Waals surface area contributed by atoms with Crippen LogP contribution in [0.1, 0.15) is 24.4 Å². The SMILES string of the molecule is c1ccc(N2CCCC2)c(C2COCCN2)c1. The summed E-state index contributed by atoms with van der Waals surface area (Å²) in [5, 5.41) is 3.55. The second-order valence-electron chi connectivity index (χ2n) is 4.83. The molecule has 92 valence electrons. The van der Waals surface area contributed by atoms with Crippen molar-refractivity contribution in [2.24, 2.45) is 0 Å². The van der Waals surface area contributed by atoms with Gasteiger partial charge >= 0.3 is 0 Å². The molecular weight excluding hydrogens is 212 g/mol. The Bertz CT molecular complexity index is 368. The Morgan fingerprint density at radius 1 is 1.18 bits per heavy atom. The number of para-hydroxylation sites is 1. The van der Waals surface area contributed by atoms with Gasteiger partial charge < -0.3 is 15.0 Å². The number of nitrogens with zero attached hydrogens (tertiary/aromatic N) is 1. The van der Waals surface area contributed by atoms with Gasteiger partial charge in [0.05, 0.1) is 19.3 Å². The molecule has 1 atom stereocenters. The Hall–Kier alpha value is -1.06. The highest BCUT2D eigenvalue weighted by Gasteiger charge is 2.22. The zero-order valence-corrected chi connectivity index (χ0v) is 10.2. The average molecular weight is 232 g/mol. The lowest BCUT2D eigenvalue weighted by atomic mass is 10.0. The molecule has 2 aliphatic heterocycles. The molecule has 2 fully saturated rings. The third-order valence-corrected chi connectivity index (χ3v) is 3.68. The molecule has 0 amide bonds. The lowest BCUT2D eigenvalue weighted by Crippen LogP contribution is -2.35. The Kier molecular flexibility index (Phi) is 3.29. The zero-order chi connectivity index (χ0) is 11.5. The van der Waals surface area contributed by atoms with Gasteiger partial charge in [-0.05, 0) is 24.5 Å². The minimum atomic E-state index is 0.362. The summed E-state index contributed by atoms with van der Waals surface area (Å²) in [5.74, 6) is 0. The number of ether oxygens (including phenoxy) is 1. The first kappa shape index (κ1) is 11.1. The smallest absolute Gasteiger partial charge is 0.0662 e. The van der Waals surface area contributed by atoms with E-state index in [2.05, 4.69) is 34.5 Å². The van der Waals surface area contributed by atoms with Crippen LogP contribution >= 0.6 is 0 Å². The predicted molar refractivity (Wildman–Crippen MR) is 69.5 cm³/mol. The summed E-state index contributed by atoms with van der Waals surface area (Å²) in [7, 11) is 0. The van der Waals surface area contributed by atoms with Crippen molar-refractivity contribution in [3.8, 4) is 0 Å². The highest BCUT2D eigenvalue weighted by atomic mass is 16.5. The second-order valence-corrected chi connectivity index (χ2v) is 4.83. The molecule has 1 N–H and O–H groups in total. The molecule has 2 saturated heterocycles. The predicted octanol–water partition coefficient (Wildman–Crippen LogP) is 1.95. The number of anilines is 1. The molecule has 3 heteroatoms. The molecule has 0 saturated carbocycles. The molecule has 3 rings (SSSR count). The summed E-state index contributed by atoms with van der Waals surface area (Å²) in [5.41, 5.74) is 2.79. The van der Waals surface area contributed by atoms with Gasteiger partial charge in [-0.25, -0.2) is 0 Å². The summed E-state index contributed by atoms with van der Waals surface area (Å²) < 4.78 is 5.57. The van der Waals surface area contributed by atoms with E-state index < -0.39 is 0 Å². The van der Waals surface area contributed by atoms with Crippen molar-refractivity contribution >= 4 is 5.69 Å². The van der Waals surface area contributed by atoms with Crippen molar-refractivity contribution < 1.29 is 4.74 Å². The molecule has 0 radical (unpaired) electrons. The molecule has 0 spiro atoms. The fraction of sp³-hybridized carbons (Fsp3) is 0.571. The van der Waals surface area contributed by atoms with E-state index in [9.17, 15) is 0 Å². The summed E-state index contributed by atoms with van der Waals surface area (Å²) in [6.45, 7) is 4.99. The molecule has 2 heterocycles. The van der Waals surface area contributed by atoms with Gasteiger partial charge in [0.15, 0.2) is 0 Å². The number of benzene rings is 1. The third kappa shape index (κ3) is 2.31. The van der Waals surface area contributed by atoms with Crippen LogP contribution < -0.4 is 10.2 Å². The average Bonchev–Trinajstić information content (AvgIpc) is 2.94. The molecular formula is C14H20N2O. The molecule has 0 aromatic heterocycles. The van der Waals surface area contributed by atoms with E-state index in [0.717, 1.165) is 19.8 Å². The number of nitrogens with one attached hydrogen (secondary N) is 1.